The van der Waals surface area contributed by atoms with Gasteiger partial charge in [0.2, 0.25) is 0 Å². The van der Waals surface area contributed by atoms with Crippen LogP contribution >= 0.6 is 23.2 Å². The highest BCUT2D eigenvalue weighted by Crippen LogP contribution is 2.35. The molecule has 0 heterocycles. The van der Waals surface area contributed by atoms with Crippen molar-refractivity contribution in [3.8, 4) is 11.5 Å². The van der Waals surface area contributed by atoms with E-state index in [1.54, 1.807) is 31.2 Å². The molecule has 0 radical (unpaired) electrons. The molecule has 0 unspecified atom stereocenters. The number of hydrogen-bond donors (Lipinski definition) is 2. The van der Waals surface area contributed by atoms with Gasteiger partial charge in [-0.3, -0.25) is 4.79 Å². The number of amides is 1. The Morgan fingerprint density at radius 2 is 1.95 bits per heavy atom. The van der Waals surface area contributed by atoms with Gasteiger partial charge in [0.05, 0.1) is 28.4 Å². The summed E-state index contributed by atoms with van der Waals surface area (Å²) in [7, 11) is 1.41. The third-order valence-corrected chi connectivity index (χ3v) is 3.79. The number of anilines is 1. The zero-order valence-electron chi connectivity index (χ0n) is 11.4. The first kappa shape index (κ1) is 15.5. The van der Waals surface area contributed by atoms with Crippen molar-refractivity contribution in [3.63, 3.8) is 0 Å². The van der Waals surface area contributed by atoms with Gasteiger partial charge in [0.25, 0.3) is 5.91 Å². The van der Waals surface area contributed by atoms with Gasteiger partial charge in [0, 0.05) is 0 Å². The van der Waals surface area contributed by atoms with Crippen LogP contribution < -0.4 is 10.1 Å². The predicted octanol–water partition coefficient (Wildman–Crippen LogP) is 4.27. The van der Waals surface area contributed by atoms with E-state index >= 15 is 0 Å². The lowest BCUT2D eigenvalue weighted by Crippen LogP contribution is -2.13. The van der Waals surface area contributed by atoms with E-state index in [1.165, 1.54) is 13.2 Å². The third kappa shape index (κ3) is 3.06. The van der Waals surface area contributed by atoms with Crippen LogP contribution in [0.1, 0.15) is 15.9 Å². The average molecular weight is 326 g/mol. The average Bonchev–Trinajstić information content (AvgIpc) is 2.47. The maximum absolute atomic E-state index is 12.3. The second-order valence-electron chi connectivity index (χ2n) is 4.36. The molecule has 0 aliphatic carbocycles. The summed E-state index contributed by atoms with van der Waals surface area (Å²) >= 11 is 12.2. The topological polar surface area (TPSA) is 58.6 Å². The first-order valence-corrected chi connectivity index (χ1v) is 6.83. The maximum Gasteiger partial charge on any atom is 0.259 e. The number of phenols is 1. The van der Waals surface area contributed by atoms with E-state index in [4.69, 9.17) is 27.9 Å². The Hall–Kier alpha value is -1.91. The van der Waals surface area contributed by atoms with Crippen molar-refractivity contribution in [1.29, 1.82) is 0 Å². The second kappa shape index (κ2) is 6.24. The molecule has 2 rings (SSSR count). The monoisotopic (exact) mass is 325 g/mol. The molecule has 0 aromatic heterocycles. The molecule has 0 fully saturated rings. The zero-order valence-corrected chi connectivity index (χ0v) is 12.9. The minimum Gasteiger partial charge on any atom is -0.504 e. The molecule has 110 valence electrons. The second-order valence-corrected chi connectivity index (χ2v) is 5.15. The lowest BCUT2D eigenvalue weighted by molar-refractivity contribution is 0.102. The molecule has 2 aromatic rings. The van der Waals surface area contributed by atoms with E-state index in [9.17, 15) is 9.90 Å². The summed E-state index contributed by atoms with van der Waals surface area (Å²) in [6.45, 7) is 1.80. The van der Waals surface area contributed by atoms with Crippen molar-refractivity contribution in [3.05, 3.63) is 51.5 Å². The molecular formula is C15H13Cl2NO3. The number of benzene rings is 2. The number of methoxy groups -OCH3 is 1. The number of aromatic hydroxyl groups is 1. The minimum absolute atomic E-state index is 0.0722. The Labute approximate surface area is 132 Å². The van der Waals surface area contributed by atoms with E-state index in [0.717, 1.165) is 5.56 Å². The number of halogens is 2. The molecule has 0 aliphatic heterocycles. The minimum atomic E-state index is -0.527. The fraction of sp³-hybridized carbons (Fsp3) is 0.133. The summed E-state index contributed by atoms with van der Waals surface area (Å²) < 4.78 is 4.97. The van der Waals surface area contributed by atoms with Crippen molar-refractivity contribution in [2.24, 2.45) is 0 Å². The Morgan fingerprint density at radius 1 is 1.24 bits per heavy atom. The first-order valence-electron chi connectivity index (χ1n) is 6.07. The Balaban J connectivity index is 2.38. The lowest BCUT2D eigenvalue weighted by atomic mass is 10.1. The molecule has 1 amide bonds. The van der Waals surface area contributed by atoms with Crippen LogP contribution in [0.4, 0.5) is 5.69 Å². The molecule has 2 N–H and O–H groups in total. The Kier molecular flexibility index (Phi) is 4.60. The number of carbonyl (C=O) groups excluding carboxylic acids is 1. The highest BCUT2D eigenvalue weighted by molar-refractivity contribution is 6.40. The number of phenolic OH excluding ortho intramolecular Hbond substituents is 1. The standard InChI is InChI=1S/C15H13Cl2NO3/c1-8-6-7-10(16)13(12(8)17)18-15(20)9-4-3-5-11(21-2)14(9)19/h3-7,19H,1-2H3,(H,18,20). The van der Waals surface area contributed by atoms with Crippen molar-refractivity contribution in [2.45, 2.75) is 6.92 Å². The molecule has 21 heavy (non-hydrogen) atoms. The molecule has 0 atom stereocenters. The summed E-state index contributed by atoms with van der Waals surface area (Å²) in [4.78, 5) is 12.3. The number of nitrogens with one attached hydrogen (secondary N) is 1. The van der Waals surface area contributed by atoms with Gasteiger partial charge in [-0.25, -0.2) is 0 Å². The number of para-hydroxylation sites is 1. The molecule has 4 nitrogen and oxygen atoms in total. The fourth-order valence-electron chi connectivity index (χ4n) is 1.82. The fourth-order valence-corrected chi connectivity index (χ4v) is 2.29. The summed E-state index contributed by atoms with van der Waals surface area (Å²) in [5.74, 6) is -0.553. The molecule has 6 heteroatoms. The first-order chi connectivity index (χ1) is 9.95. The van der Waals surface area contributed by atoms with Crippen LogP contribution in [0.25, 0.3) is 0 Å². The summed E-state index contributed by atoms with van der Waals surface area (Å²) in [6.07, 6.45) is 0. The van der Waals surface area contributed by atoms with E-state index in [1.807, 2.05) is 0 Å². The van der Waals surface area contributed by atoms with Gasteiger partial charge >= 0.3 is 0 Å². The summed E-state index contributed by atoms with van der Waals surface area (Å²) in [5, 5.41) is 13.3. The van der Waals surface area contributed by atoms with Gasteiger partial charge in [-0.15, -0.1) is 0 Å². The number of ether oxygens (including phenoxy) is 1. The largest absolute Gasteiger partial charge is 0.504 e. The number of hydrogen-bond acceptors (Lipinski definition) is 3. The van der Waals surface area contributed by atoms with Crippen molar-refractivity contribution >= 4 is 34.8 Å². The van der Waals surface area contributed by atoms with Gasteiger partial charge in [0.15, 0.2) is 11.5 Å². The SMILES string of the molecule is COc1cccc(C(=O)Nc2c(Cl)ccc(C)c2Cl)c1O. The molecule has 0 spiro atoms. The van der Waals surface area contributed by atoms with E-state index in [2.05, 4.69) is 5.32 Å². The molecule has 0 saturated carbocycles. The summed E-state index contributed by atoms with van der Waals surface area (Å²) in [6, 6.07) is 8.03. The van der Waals surface area contributed by atoms with Crippen LogP contribution in [0.5, 0.6) is 11.5 Å². The van der Waals surface area contributed by atoms with Gasteiger partial charge in [-0.1, -0.05) is 35.3 Å². The highest BCUT2D eigenvalue weighted by atomic mass is 35.5. The number of rotatable bonds is 3. The number of carbonyl (C=O) groups is 1. The van der Waals surface area contributed by atoms with E-state index in [0.29, 0.717) is 15.7 Å². The van der Waals surface area contributed by atoms with Crippen LogP contribution in [-0.4, -0.2) is 18.1 Å². The highest BCUT2D eigenvalue weighted by Gasteiger charge is 2.17. The van der Waals surface area contributed by atoms with Crippen molar-refractivity contribution < 1.29 is 14.6 Å². The molecule has 2 aromatic carbocycles. The Bertz CT molecular complexity index is 702. The van der Waals surface area contributed by atoms with Gasteiger partial charge in [0.1, 0.15) is 0 Å². The molecule has 0 saturated heterocycles. The lowest BCUT2D eigenvalue weighted by Gasteiger charge is -2.12. The van der Waals surface area contributed by atoms with Crippen LogP contribution in [-0.2, 0) is 0 Å². The number of aryl methyl sites for hydroxylation is 1. The van der Waals surface area contributed by atoms with Gasteiger partial charge < -0.3 is 15.2 Å². The molecule has 0 aliphatic rings. The zero-order chi connectivity index (χ0) is 15.6. The van der Waals surface area contributed by atoms with Crippen LogP contribution in [0.2, 0.25) is 10.0 Å². The smallest absolute Gasteiger partial charge is 0.259 e. The van der Waals surface area contributed by atoms with Gasteiger partial charge in [-0.2, -0.15) is 0 Å². The van der Waals surface area contributed by atoms with Crippen molar-refractivity contribution in [1.82, 2.24) is 0 Å². The van der Waals surface area contributed by atoms with Crippen LogP contribution in [0, 0.1) is 6.92 Å². The van der Waals surface area contributed by atoms with Crippen LogP contribution in [0.15, 0.2) is 30.3 Å². The van der Waals surface area contributed by atoms with E-state index < -0.39 is 5.91 Å². The Morgan fingerprint density at radius 3 is 2.62 bits per heavy atom. The third-order valence-electron chi connectivity index (χ3n) is 2.99. The molecular weight excluding hydrogens is 313 g/mol. The normalized spacial score (nSPS) is 10.3. The van der Waals surface area contributed by atoms with E-state index in [-0.39, 0.29) is 17.1 Å². The maximum atomic E-state index is 12.3. The van der Waals surface area contributed by atoms with Crippen molar-refractivity contribution in [2.75, 3.05) is 12.4 Å². The molecule has 0 bridgehead atoms. The van der Waals surface area contributed by atoms with Gasteiger partial charge in [-0.05, 0) is 30.7 Å². The quantitative estimate of drug-likeness (QED) is 0.886. The predicted molar refractivity (Wildman–Crippen MR) is 83.8 cm³/mol. The summed E-state index contributed by atoms with van der Waals surface area (Å²) in [5.41, 5.74) is 1.17. The van der Waals surface area contributed by atoms with Crippen LogP contribution in [0.3, 0.4) is 0 Å².